The number of rotatable bonds is 4. The number of hydrogen-bond donors (Lipinski definition) is 1. The highest BCUT2D eigenvalue weighted by atomic mass is 16.4. The minimum Gasteiger partial charge on any atom is -0.480 e. The number of aryl methyl sites for hydroxylation is 1. The first-order valence-corrected chi connectivity index (χ1v) is 6.66. The third-order valence-electron chi connectivity index (χ3n) is 3.76. The summed E-state index contributed by atoms with van der Waals surface area (Å²) in [6, 6.07) is -0.693. The van der Waals surface area contributed by atoms with Crippen LogP contribution in [0.5, 0.6) is 0 Å². The second kappa shape index (κ2) is 5.62. The molecule has 110 valence electrons. The van der Waals surface area contributed by atoms with Crippen LogP contribution in [0.2, 0.25) is 0 Å². The van der Waals surface area contributed by atoms with Crippen LogP contribution < -0.4 is 0 Å². The number of likely N-dealkylation sites (N-methyl/N-ethyl adjacent to an activating group) is 1. The summed E-state index contributed by atoms with van der Waals surface area (Å²) >= 11 is 0. The van der Waals surface area contributed by atoms with Crippen molar-refractivity contribution in [2.24, 2.45) is 0 Å². The standard InChI is InChI=1S/C13H20N4O3/c1-4-16-7-9(6-14-16)12(18)17-8-10(15(2)3)5-11(17)13(19)20/h6-7,10-11H,4-5,8H2,1-3H3,(H,19,20)/t10-,11+/m1/s1. The van der Waals surface area contributed by atoms with E-state index in [0.29, 0.717) is 25.1 Å². The van der Waals surface area contributed by atoms with Crippen molar-refractivity contribution in [3.05, 3.63) is 18.0 Å². The van der Waals surface area contributed by atoms with Crippen LogP contribution in [0.25, 0.3) is 0 Å². The van der Waals surface area contributed by atoms with Gasteiger partial charge in [-0.1, -0.05) is 0 Å². The summed E-state index contributed by atoms with van der Waals surface area (Å²) in [4.78, 5) is 27.2. The SMILES string of the molecule is CCn1cc(C(=O)N2C[C@H](N(C)C)C[C@H]2C(=O)O)cn1. The monoisotopic (exact) mass is 280 g/mol. The number of amides is 1. The predicted octanol–water partition coefficient (Wildman–Crippen LogP) is 0.132. The predicted molar refractivity (Wildman–Crippen MR) is 72.5 cm³/mol. The lowest BCUT2D eigenvalue weighted by Gasteiger charge is -2.21. The topological polar surface area (TPSA) is 78.7 Å². The lowest BCUT2D eigenvalue weighted by molar-refractivity contribution is -0.141. The Morgan fingerprint density at radius 1 is 1.50 bits per heavy atom. The quantitative estimate of drug-likeness (QED) is 0.848. The van der Waals surface area contributed by atoms with Crippen molar-refractivity contribution in [2.45, 2.75) is 32.0 Å². The van der Waals surface area contributed by atoms with Gasteiger partial charge in [-0.2, -0.15) is 5.10 Å². The number of nitrogens with zero attached hydrogens (tertiary/aromatic N) is 4. The molecule has 2 rings (SSSR count). The van der Waals surface area contributed by atoms with E-state index < -0.39 is 12.0 Å². The molecule has 2 atom stereocenters. The normalized spacial score (nSPS) is 22.5. The van der Waals surface area contributed by atoms with Crippen molar-refractivity contribution < 1.29 is 14.7 Å². The maximum absolute atomic E-state index is 12.4. The second-order valence-corrected chi connectivity index (χ2v) is 5.25. The van der Waals surface area contributed by atoms with Gasteiger partial charge in [0.2, 0.25) is 0 Å². The van der Waals surface area contributed by atoms with Crippen LogP contribution >= 0.6 is 0 Å². The molecule has 2 heterocycles. The molecule has 1 amide bonds. The minimum atomic E-state index is -0.953. The maximum Gasteiger partial charge on any atom is 0.326 e. The van der Waals surface area contributed by atoms with Crippen molar-refractivity contribution in [2.75, 3.05) is 20.6 Å². The zero-order chi connectivity index (χ0) is 14.9. The Morgan fingerprint density at radius 2 is 2.20 bits per heavy atom. The van der Waals surface area contributed by atoms with Crippen LogP contribution in [0, 0.1) is 0 Å². The Hall–Kier alpha value is -1.89. The van der Waals surface area contributed by atoms with E-state index in [9.17, 15) is 14.7 Å². The highest BCUT2D eigenvalue weighted by Gasteiger charge is 2.40. The molecule has 1 aromatic heterocycles. The first-order valence-electron chi connectivity index (χ1n) is 6.66. The van der Waals surface area contributed by atoms with Crippen molar-refractivity contribution in [3.63, 3.8) is 0 Å². The van der Waals surface area contributed by atoms with E-state index in [-0.39, 0.29) is 11.9 Å². The van der Waals surface area contributed by atoms with Crippen LogP contribution in [0.1, 0.15) is 23.7 Å². The third-order valence-corrected chi connectivity index (χ3v) is 3.76. The highest BCUT2D eigenvalue weighted by molar-refractivity contribution is 5.96. The molecular weight excluding hydrogens is 260 g/mol. The molecule has 0 spiro atoms. The zero-order valence-corrected chi connectivity index (χ0v) is 12.0. The van der Waals surface area contributed by atoms with Gasteiger partial charge in [0.15, 0.2) is 0 Å². The summed E-state index contributed by atoms with van der Waals surface area (Å²) in [6.45, 7) is 3.04. The maximum atomic E-state index is 12.4. The van der Waals surface area contributed by atoms with Gasteiger partial charge in [0.25, 0.3) is 5.91 Å². The average molecular weight is 280 g/mol. The third kappa shape index (κ3) is 2.67. The molecule has 7 heteroatoms. The number of carboxylic acid groups (broad SMARTS) is 1. The van der Waals surface area contributed by atoms with Gasteiger partial charge >= 0.3 is 5.97 Å². The van der Waals surface area contributed by atoms with Gasteiger partial charge in [-0.3, -0.25) is 9.48 Å². The summed E-state index contributed by atoms with van der Waals surface area (Å²) in [6.07, 6.45) is 3.61. The largest absolute Gasteiger partial charge is 0.480 e. The van der Waals surface area contributed by atoms with Gasteiger partial charge < -0.3 is 14.9 Å². The molecule has 1 aromatic rings. The summed E-state index contributed by atoms with van der Waals surface area (Å²) < 4.78 is 1.66. The van der Waals surface area contributed by atoms with Crippen LogP contribution in [-0.4, -0.2) is 69.3 Å². The number of hydrogen-bond acceptors (Lipinski definition) is 4. The molecule has 0 radical (unpaired) electrons. The number of likely N-dealkylation sites (tertiary alicyclic amines) is 1. The molecule has 0 unspecified atom stereocenters. The second-order valence-electron chi connectivity index (χ2n) is 5.25. The lowest BCUT2D eigenvalue weighted by Crippen LogP contribution is -2.40. The van der Waals surface area contributed by atoms with Crippen LogP contribution in [0.4, 0.5) is 0 Å². The van der Waals surface area contributed by atoms with E-state index >= 15 is 0 Å². The fraction of sp³-hybridized carbons (Fsp3) is 0.615. The van der Waals surface area contributed by atoms with E-state index in [4.69, 9.17) is 0 Å². The van der Waals surface area contributed by atoms with Gasteiger partial charge in [0.1, 0.15) is 6.04 Å². The summed E-state index contributed by atoms with van der Waals surface area (Å²) in [7, 11) is 3.79. The van der Waals surface area contributed by atoms with Gasteiger partial charge in [0.05, 0.1) is 11.8 Å². The first kappa shape index (κ1) is 14.5. The lowest BCUT2D eigenvalue weighted by atomic mass is 10.1. The first-order chi connectivity index (χ1) is 9.43. The molecule has 0 bridgehead atoms. The molecular formula is C13H20N4O3. The van der Waals surface area contributed by atoms with E-state index in [1.807, 2.05) is 25.9 Å². The number of carbonyl (C=O) groups is 2. The van der Waals surface area contributed by atoms with E-state index in [0.717, 1.165) is 0 Å². The van der Waals surface area contributed by atoms with Crippen LogP contribution in [0.3, 0.4) is 0 Å². The molecule has 1 saturated heterocycles. The van der Waals surface area contributed by atoms with Gasteiger partial charge in [-0.25, -0.2) is 4.79 Å². The Labute approximate surface area is 117 Å². The van der Waals surface area contributed by atoms with Gasteiger partial charge in [-0.15, -0.1) is 0 Å². The average Bonchev–Trinajstić information content (AvgIpc) is 3.04. The van der Waals surface area contributed by atoms with Crippen molar-refractivity contribution in [1.29, 1.82) is 0 Å². The summed E-state index contributed by atoms with van der Waals surface area (Å²) in [5.74, 6) is -1.22. The molecule has 0 saturated carbocycles. The number of aromatic nitrogens is 2. The fourth-order valence-electron chi connectivity index (χ4n) is 2.46. The Morgan fingerprint density at radius 3 is 2.70 bits per heavy atom. The highest BCUT2D eigenvalue weighted by Crippen LogP contribution is 2.23. The van der Waals surface area contributed by atoms with Gasteiger partial charge in [0, 0.05) is 25.3 Å². The zero-order valence-electron chi connectivity index (χ0n) is 12.0. The Balaban J connectivity index is 2.20. The van der Waals surface area contributed by atoms with Crippen molar-refractivity contribution in [3.8, 4) is 0 Å². The summed E-state index contributed by atoms with van der Waals surface area (Å²) in [5.41, 5.74) is 0.442. The fourth-order valence-corrected chi connectivity index (χ4v) is 2.46. The van der Waals surface area contributed by atoms with Gasteiger partial charge in [-0.05, 0) is 27.4 Å². The molecule has 1 aliphatic heterocycles. The molecule has 20 heavy (non-hydrogen) atoms. The molecule has 0 aromatic carbocycles. The Bertz CT molecular complexity index is 511. The minimum absolute atomic E-state index is 0.0706. The number of carboxylic acids is 1. The molecule has 1 aliphatic rings. The molecule has 0 aliphatic carbocycles. The van der Waals surface area contributed by atoms with Crippen LogP contribution in [0.15, 0.2) is 12.4 Å². The van der Waals surface area contributed by atoms with E-state index in [1.165, 1.54) is 11.1 Å². The smallest absolute Gasteiger partial charge is 0.326 e. The Kier molecular flexibility index (Phi) is 4.08. The van der Waals surface area contributed by atoms with E-state index in [2.05, 4.69) is 5.10 Å². The van der Waals surface area contributed by atoms with Crippen molar-refractivity contribution >= 4 is 11.9 Å². The van der Waals surface area contributed by atoms with E-state index in [1.54, 1.807) is 10.9 Å². The van der Waals surface area contributed by atoms with Crippen molar-refractivity contribution in [1.82, 2.24) is 19.6 Å². The van der Waals surface area contributed by atoms with Crippen LogP contribution in [-0.2, 0) is 11.3 Å². The summed E-state index contributed by atoms with van der Waals surface area (Å²) in [5, 5.41) is 13.4. The molecule has 1 N–H and O–H groups in total. The molecule has 1 fully saturated rings. The number of aliphatic carboxylic acids is 1. The number of carbonyl (C=O) groups excluding carboxylic acids is 1. The molecule has 7 nitrogen and oxygen atoms in total.